The Bertz CT molecular complexity index is 488. The van der Waals surface area contributed by atoms with Crippen molar-refractivity contribution in [3.63, 3.8) is 0 Å². The summed E-state index contributed by atoms with van der Waals surface area (Å²) < 4.78 is 74.2. The summed E-state index contributed by atoms with van der Waals surface area (Å²) in [5.74, 6) is -3.52. The van der Waals surface area contributed by atoms with Crippen LogP contribution in [-0.2, 0) is 6.50 Å². The molecular weight excluding hydrogens is 194 g/mol. The number of hydrogen-bond acceptors (Lipinski definition) is 2. The van der Waals surface area contributed by atoms with Crippen LogP contribution in [0.2, 0.25) is 0 Å². The molecule has 1 heterocycles. The standard InChI is InChI=1S/C6H10BrN3/c1-5(2)3-10-4-6(7)8-9-10/h4-5H,3H2,1-2H3/i1D3,2D3,3D2,4D,5D. The molecular formula is C6H10BrN3. The van der Waals surface area contributed by atoms with Crippen molar-refractivity contribution in [2.45, 2.75) is 20.2 Å². The van der Waals surface area contributed by atoms with Crippen LogP contribution >= 0.6 is 15.9 Å². The van der Waals surface area contributed by atoms with Gasteiger partial charge in [0.05, 0.1) is 10.3 Å². The second-order valence-electron chi connectivity index (χ2n) is 1.39. The van der Waals surface area contributed by atoms with Crippen molar-refractivity contribution in [1.82, 2.24) is 15.0 Å². The lowest BCUT2D eigenvalue weighted by atomic mass is 10.2. The molecule has 1 aromatic rings. The number of hydrogen-bond donors (Lipinski definition) is 0. The molecule has 0 bridgehead atoms. The van der Waals surface area contributed by atoms with Gasteiger partial charge in [-0.25, -0.2) is 0 Å². The van der Waals surface area contributed by atoms with Gasteiger partial charge in [-0.2, -0.15) is 0 Å². The maximum atomic E-state index is 7.78. The van der Waals surface area contributed by atoms with E-state index in [1.54, 1.807) is 0 Å². The zero-order valence-corrected chi connectivity index (χ0v) is 6.31. The summed E-state index contributed by atoms with van der Waals surface area (Å²) in [6, 6.07) is 0. The van der Waals surface area contributed by atoms with E-state index in [9.17, 15) is 0 Å². The van der Waals surface area contributed by atoms with Gasteiger partial charge in [0.2, 0.25) is 0 Å². The molecule has 0 unspecified atom stereocenters. The zero-order chi connectivity index (χ0) is 16.1. The fourth-order valence-corrected chi connectivity index (χ4v) is 0.611. The predicted octanol–water partition coefficient (Wildman–Crippen LogP) is 1.70. The molecule has 3 nitrogen and oxygen atoms in total. The molecule has 0 radical (unpaired) electrons. The average Bonchev–Trinajstić information content (AvgIpc) is 2.55. The van der Waals surface area contributed by atoms with E-state index >= 15 is 0 Å². The van der Waals surface area contributed by atoms with Crippen LogP contribution in [-0.4, -0.2) is 15.0 Å². The molecule has 0 N–H and O–H groups in total. The zero-order valence-electron chi connectivity index (χ0n) is 14.7. The highest BCUT2D eigenvalue weighted by Crippen LogP contribution is 2.03. The summed E-state index contributed by atoms with van der Waals surface area (Å²) in [7, 11) is 0. The van der Waals surface area contributed by atoms with Gasteiger partial charge in [0.1, 0.15) is 4.60 Å². The Labute approximate surface area is 82.6 Å². The van der Waals surface area contributed by atoms with Crippen molar-refractivity contribution in [3.8, 4) is 0 Å². The molecule has 1 rings (SSSR count). The summed E-state index contributed by atoms with van der Waals surface area (Å²) >= 11 is 2.79. The quantitative estimate of drug-likeness (QED) is 0.750. The van der Waals surface area contributed by atoms with Crippen LogP contribution in [0.15, 0.2) is 10.8 Å². The first-order chi connectivity index (χ1) is 8.68. The van der Waals surface area contributed by atoms with Crippen molar-refractivity contribution < 1.29 is 13.7 Å². The van der Waals surface area contributed by atoms with Gasteiger partial charge in [0.15, 0.2) is 0 Å². The maximum Gasteiger partial charge on any atom is 0.148 e. The van der Waals surface area contributed by atoms with E-state index < -0.39 is 32.3 Å². The molecule has 0 saturated heterocycles. The Morgan fingerprint density at radius 3 is 3.50 bits per heavy atom. The van der Waals surface area contributed by atoms with Gasteiger partial charge in [-0.3, -0.25) is 4.68 Å². The van der Waals surface area contributed by atoms with Gasteiger partial charge in [-0.05, 0) is 21.8 Å². The van der Waals surface area contributed by atoms with Crippen LogP contribution in [0, 0.1) is 5.89 Å². The minimum absolute atomic E-state index is 0.169. The minimum Gasteiger partial charge on any atom is -0.251 e. The highest BCUT2D eigenvalue weighted by molar-refractivity contribution is 9.10. The Morgan fingerprint density at radius 2 is 3.00 bits per heavy atom. The van der Waals surface area contributed by atoms with E-state index in [1.165, 1.54) is 0 Å². The van der Waals surface area contributed by atoms with Crippen LogP contribution in [0.3, 0.4) is 0 Å². The fraction of sp³-hybridized carbons (Fsp3) is 0.667. The van der Waals surface area contributed by atoms with Crippen LogP contribution in [0.4, 0.5) is 0 Å². The van der Waals surface area contributed by atoms with Crippen LogP contribution in [0.1, 0.15) is 27.4 Å². The van der Waals surface area contributed by atoms with E-state index in [-0.39, 0.29) is 9.28 Å². The number of halogens is 1. The molecule has 0 saturated carbocycles. The van der Waals surface area contributed by atoms with Gasteiger partial charge in [-0.1, -0.05) is 18.9 Å². The topological polar surface area (TPSA) is 30.7 Å². The first kappa shape index (κ1) is 1.86. The minimum atomic E-state index is -3.52. The predicted molar refractivity (Wildman–Crippen MR) is 42.6 cm³/mol. The number of aromatic nitrogens is 3. The molecule has 0 spiro atoms. The lowest BCUT2D eigenvalue weighted by molar-refractivity contribution is 0.472. The Hall–Kier alpha value is -0.380. The Balaban J connectivity index is 3.61. The number of rotatable bonds is 2. The third-order valence-corrected chi connectivity index (χ3v) is 0.974. The van der Waals surface area contributed by atoms with Crippen molar-refractivity contribution in [1.29, 1.82) is 0 Å². The third kappa shape index (κ3) is 2.10. The van der Waals surface area contributed by atoms with Gasteiger partial charge in [0.25, 0.3) is 0 Å². The van der Waals surface area contributed by atoms with Crippen molar-refractivity contribution in [3.05, 3.63) is 10.8 Å². The van der Waals surface area contributed by atoms with Gasteiger partial charge in [-0.15, -0.1) is 5.10 Å². The average molecular weight is 214 g/mol. The highest BCUT2D eigenvalue weighted by atomic mass is 79.9. The smallest absolute Gasteiger partial charge is 0.148 e. The third-order valence-electron chi connectivity index (χ3n) is 0.638. The van der Waals surface area contributed by atoms with E-state index in [0.717, 1.165) is 0 Å². The highest BCUT2D eigenvalue weighted by Gasteiger charge is 1.98. The maximum absolute atomic E-state index is 7.78. The van der Waals surface area contributed by atoms with E-state index in [4.69, 9.17) is 13.7 Å². The van der Waals surface area contributed by atoms with Crippen molar-refractivity contribution >= 4 is 15.9 Å². The summed E-state index contributed by atoms with van der Waals surface area (Å²) in [6.07, 6.45) is -0.667. The first-order valence-corrected chi connectivity index (χ1v) is 3.05. The van der Waals surface area contributed by atoms with E-state index in [0.29, 0.717) is 0 Å². The summed E-state index contributed by atoms with van der Waals surface area (Å²) in [5.41, 5.74) is 0. The molecule has 0 aliphatic heterocycles. The summed E-state index contributed by atoms with van der Waals surface area (Å²) in [6.45, 7) is -10.3. The van der Waals surface area contributed by atoms with E-state index in [2.05, 4.69) is 26.2 Å². The second kappa shape index (κ2) is 3.14. The molecule has 0 aliphatic carbocycles. The fourth-order valence-electron chi connectivity index (χ4n) is 0.372. The molecule has 10 heavy (non-hydrogen) atoms. The Morgan fingerprint density at radius 1 is 2.20 bits per heavy atom. The first-order valence-electron chi connectivity index (χ1n) is 7.26. The summed E-state index contributed by atoms with van der Waals surface area (Å²) in [5, 5.41) is 6.53. The molecule has 0 aromatic carbocycles. The van der Waals surface area contributed by atoms with Crippen LogP contribution < -0.4 is 0 Å². The molecule has 0 fully saturated rings. The van der Waals surface area contributed by atoms with Crippen LogP contribution in [0.5, 0.6) is 0 Å². The molecule has 0 amide bonds. The Kier molecular flexibility index (Phi) is 0.584. The monoisotopic (exact) mass is 213 g/mol. The molecule has 1 aromatic heterocycles. The van der Waals surface area contributed by atoms with E-state index in [1.807, 2.05) is 0 Å². The largest absolute Gasteiger partial charge is 0.251 e. The molecule has 56 valence electrons. The van der Waals surface area contributed by atoms with Gasteiger partial charge in [0, 0.05) is 16.1 Å². The molecule has 0 aliphatic rings. The van der Waals surface area contributed by atoms with Crippen molar-refractivity contribution in [2.24, 2.45) is 5.89 Å². The second-order valence-corrected chi connectivity index (χ2v) is 2.14. The lowest BCUT2D eigenvalue weighted by Crippen LogP contribution is -2.04. The van der Waals surface area contributed by atoms with Gasteiger partial charge < -0.3 is 0 Å². The lowest BCUT2D eigenvalue weighted by Gasteiger charge is -2.01. The normalized spacial score (nSPS) is 30.5. The van der Waals surface area contributed by atoms with Crippen LogP contribution in [0.25, 0.3) is 0 Å². The molecule has 0 atom stereocenters. The van der Waals surface area contributed by atoms with Gasteiger partial charge >= 0.3 is 0 Å². The van der Waals surface area contributed by atoms with Crippen molar-refractivity contribution in [2.75, 3.05) is 0 Å². The summed E-state index contributed by atoms with van der Waals surface area (Å²) in [4.78, 5) is 0. The molecule has 4 heteroatoms. The SMILES string of the molecule is [2H]c1c(Br)nnn1C([2H])([2H])C([2H])(C([2H])([2H])[2H])C([2H])([2H])[2H]. The number of nitrogens with zero attached hydrogens (tertiary/aromatic N) is 3.